The van der Waals surface area contributed by atoms with Gasteiger partial charge in [-0.25, -0.2) is 0 Å². The summed E-state index contributed by atoms with van der Waals surface area (Å²) in [7, 11) is 0. The van der Waals surface area contributed by atoms with Gasteiger partial charge in [0.25, 0.3) is 0 Å². The first-order valence-electron chi connectivity index (χ1n) is 7.25. The Balaban J connectivity index is 1.78. The number of hydrogen-bond donors (Lipinski definition) is 1. The molecule has 0 unspecified atom stereocenters. The number of nitrogens with zero attached hydrogens (tertiary/aromatic N) is 2. The predicted octanol–water partition coefficient (Wildman–Crippen LogP) is 2.96. The highest BCUT2D eigenvalue weighted by molar-refractivity contribution is 5.13. The smallest absolute Gasteiger partial charge is 0.157 e. The molecule has 2 aromatic rings. The number of ether oxygens (including phenoxy) is 1. The summed E-state index contributed by atoms with van der Waals surface area (Å²) >= 11 is 0. The van der Waals surface area contributed by atoms with Crippen molar-refractivity contribution < 1.29 is 9.15 Å². The molecule has 5 nitrogen and oxygen atoms in total. The van der Waals surface area contributed by atoms with Gasteiger partial charge in [-0.05, 0) is 31.5 Å². The third kappa shape index (κ3) is 4.42. The molecule has 0 aliphatic heterocycles. The Kier molecular flexibility index (Phi) is 5.68. The molecule has 0 aliphatic rings. The molecule has 1 N–H and O–H groups in total. The number of rotatable bonds is 9. The highest BCUT2D eigenvalue weighted by Gasteiger charge is 2.04. The molecule has 0 fully saturated rings. The van der Waals surface area contributed by atoms with Crippen LogP contribution in [0.3, 0.4) is 0 Å². The molecule has 0 atom stereocenters. The zero-order valence-corrected chi connectivity index (χ0v) is 12.3. The van der Waals surface area contributed by atoms with Crippen LogP contribution in [0.5, 0.6) is 5.75 Å². The lowest BCUT2D eigenvalue weighted by Crippen LogP contribution is -2.13. The molecule has 0 saturated carbocycles. The average molecular weight is 277 g/mol. The van der Waals surface area contributed by atoms with Crippen LogP contribution in [-0.2, 0) is 19.7 Å². The van der Waals surface area contributed by atoms with E-state index >= 15 is 0 Å². The number of hydrogen-bond acceptors (Lipinski definition) is 4. The maximum Gasteiger partial charge on any atom is 0.157 e. The van der Waals surface area contributed by atoms with Crippen molar-refractivity contribution in [3.63, 3.8) is 0 Å². The summed E-state index contributed by atoms with van der Waals surface area (Å²) in [5.74, 6) is 2.56. The first-order chi connectivity index (χ1) is 9.81. The summed E-state index contributed by atoms with van der Waals surface area (Å²) in [5.41, 5.74) is 0. The molecule has 110 valence electrons. The van der Waals surface area contributed by atoms with Crippen LogP contribution < -0.4 is 10.1 Å². The van der Waals surface area contributed by atoms with E-state index in [9.17, 15) is 0 Å². The van der Waals surface area contributed by atoms with Gasteiger partial charge >= 0.3 is 0 Å². The second-order valence-electron chi connectivity index (χ2n) is 4.77. The molecule has 5 heteroatoms. The number of furan rings is 1. The largest absolute Gasteiger partial charge is 0.482 e. The first kappa shape index (κ1) is 14.7. The van der Waals surface area contributed by atoms with Crippen molar-refractivity contribution in [2.75, 3.05) is 6.54 Å². The Morgan fingerprint density at radius 1 is 1.25 bits per heavy atom. The van der Waals surface area contributed by atoms with E-state index in [1.165, 1.54) is 0 Å². The van der Waals surface area contributed by atoms with Gasteiger partial charge < -0.3 is 14.5 Å². The lowest BCUT2D eigenvalue weighted by atomic mass is 10.4. The average Bonchev–Trinajstić information content (AvgIpc) is 3.07. The van der Waals surface area contributed by atoms with Gasteiger partial charge in [-0.2, -0.15) is 5.10 Å². The zero-order chi connectivity index (χ0) is 14.2. The molecular formula is C15H23N3O2. The number of aryl methyl sites for hydroxylation is 1. The van der Waals surface area contributed by atoms with Crippen LogP contribution >= 0.6 is 0 Å². The Morgan fingerprint density at radius 3 is 2.90 bits per heavy atom. The van der Waals surface area contributed by atoms with Gasteiger partial charge in [0, 0.05) is 6.54 Å². The van der Waals surface area contributed by atoms with Gasteiger partial charge in [0.1, 0.15) is 18.1 Å². The topological polar surface area (TPSA) is 52.2 Å². The molecule has 2 heterocycles. The monoisotopic (exact) mass is 277 g/mol. The Hall–Kier alpha value is -1.75. The van der Waals surface area contributed by atoms with Crippen LogP contribution in [0.2, 0.25) is 0 Å². The van der Waals surface area contributed by atoms with Crippen molar-refractivity contribution in [2.24, 2.45) is 0 Å². The van der Waals surface area contributed by atoms with Gasteiger partial charge in [-0.3, -0.25) is 4.68 Å². The van der Waals surface area contributed by atoms with Crippen molar-refractivity contribution in [1.82, 2.24) is 15.1 Å². The predicted molar refractivity (Wildman–Crippen MR) is 77.6 cm³/mol. The SMILES string of the molecule is CCCNCc1ccc(COc2cnn(CCC)c2)o1. The molecule has 20 heavy (non-hydrogen) atoms. The molecule has 0 bridgehead atoms. The second kappa shape index (κ2) is 7.75. The minimum absolute atomic E-state index is 0.436. The van der Waals surface area contributed by atoms with E-state index in [0.29, 0.717) is 6.61 Å². The van der Waals surface area contributed by atoms with Crippen molar-refractivity contribution in [3.05, 3.63) is 36.0 Å². The van der Waals surface area contributed by atoms with Gasteiger partial charge in [0.2, 0.25) is 0 Å². The van der Waals surface area contributed by atoms with E-state index < -0.39 is 0 Å². The lowest BCUT2D eigenvalue weighted by molar-refractivity contribution is 0.264. The zero-order valence-electron chi connectivity index (χ0n) is 12.3. The van der Waals surface area contributed by atoms with E-state index in [4.69, 9.17) is 9.15 Å². The van der Waals surface area contributed by atoms with E-state index in [-0.39, 0.29) is 0 Å². The normalized spacial score (nSPS) is 10.9. The lowest BCUT2D eigenvalue weighted by Gasteiger charge is -2.01. The summed E-state index contributed by atoms with van der Waals surface area (Å²) in [5, 5.41) is 7.53. The van der Waals surface area contributed by atoms with Crippen LogP contribution in [0, 0.1) is 0 Å². The third-order valence-corrected chi connectivity index (χ3v) is 2.89. The Bertz CT molecular complexity index is 505. The van der Waals surface area contributed by atoms with E-state index in [0.717, 1.165) is 49.7 Å². The van der Waals surface area contributed by atoms with Gasteiger partial charge in [0.15, 0.2) is 5.75 Å². The van der Waals surface area contributed by atoms with Crippen LogP contribution in [0.25, 0.3) is 0 Å². The molecule has 2 rings (SSSR count). The molecule has 0 saturated heterocycles. The van der Waals surface area contributed by atoms with E-state index in [1.807, 2.05) is 23.0 Å². The summed E-state index contributed by atoms with van der Waals surface area (Å²) in [4.78, 5) is 0. The van der Waals surface area contributed by atoms with Crippen molar-refractivity contribution in [1.29, 1.82) is 0 Å². The van der Waals surface area contributed by atoms with E-state index in [2.05, 4.69) is 24.3 Å². The fraction of sp³-hybridized carbons (Fsp3) is 0.533. The van der Waals surface area contributed by atoms with Crippen LogP contribution in [0.15, 0.2) is 28.9 Å². The standard InChI is InChI=1S/C15H23N3O2/c1-3-7-16-9-13-5-6-14(20-13)12-19-15-10-17-18(11-15)8-4-2/h5-6,10-11,16H,3-4,7-9,12H2,1-2H3. The minimum Gasteiger partial charge on any atom is -0.482 e. The maximum atomic E-state index is 5.69. The van der Waals surface area contributed by atoms with Crippen LogP contribution in [0.1, 0.15) is 38.2 Å². The van der Waals surface area contributed by atoms with Gasteiger partial charge in [-0.15, -0.1) is 0 Å². The summed E-state index contributed by atoms with van der Waals surface area (Å²) in [6.07, 6.45) is 5.84. The van der Waals surface area contributed by atoms with Crippen molar-refractivity contribution in [3.8, 4) is 5.75 Å². The summed E-state index contributed by atoms with van der Waals surface area (Å²) in [6, 6.07) is 3.95. The molecule has 0 aromatic carbocycles. The maximum absolute atomic E-state index is 5.69. The van der Waals surface area contributed by atoms with Crippen molar-refractivity contribution in [2.45, 2.75) is 46.4 Å². The van der Waals surface area contributed by atoms with Crippen molar-refractivity contribution >= 4 is 0 Å². The fourth-order valence-corrected chi connectivity index (χ4v) is 1.91. The molecular weight excluding hydrogens is 254 g/mol. The minimum atomic E-state index is 0.436. The first-order valence-corrected chi connectivity index (χ1v) is 7.25. The summed E-state index contributed by atoms with van der Waals surface area (Å²) < 4.78 is 13.2. The quantitative estimate of drug-likeness (QED) is 0.716. The Morgan fingerprint density at radius 2 is 2.10 bits per heavy atom. The number of nitrogens with one attached hydrogen (secondary N) is 1. The second-order valence-corrected chi connectivity index (χ2v) is 4.77. The highest BCUT2D eigenvalue weighted by Crippen LogP contribution is 2.14. The third-order valence-electron chi connectivity index (χ3n) is 2.89. The Labute approximate surface area is 119 Å². The van der Waals surface area contributed by atoms with Crippen LogP contribution in [0.4, 0.5) is 0 Å². The fourth-order valence-electron chi connectivity index (χ4n) is 1.91. The summed E-state index contributed by atoms with van der Waals surface area (Å²) in [6.45, 7) is 7.39. The molecule has 0 radical (unpaired) electrons. The molecule has 0 spiro atoms. The molecule has 0 aliphatic carbocycles. The van der Waals surface area contributed by atoms with E-state index in [1.54, 1.807) is 6.20 Å². The van der Waals surface area contributed by atoms with Gasteiger partial charge in [-0.1, -0.05) is 13.8 Å². The molecule has 0 amide bonds. The van der Waals surface area contributed by atoms with Crippen LogP contribution in [-0.4, -0.2) is 16.3 Å². The number of aromatic nitrogens is 2. The molecule has 2 aromatic heterocycles. The van der Waals surface area contributed by atoms with Gasteiger partial charge in [0.05, 0.1) is 18.9 Å². The highest BCUT2D eigenvalue weighted by atomic mass is 16.5.